The number of carbonyl (C=O) groups excluding carboxylic acids is 1. The molecule has 6 nitrogen and oxygen atoms in total. The Labute approximate surface area is 92.8 Å². The summed E-state index contributed by atoms with van der Waals surface area (Å²) in [6, 6.07) is 5.44. The van der Waals surface area contributed by atoms with E-state index in [1.54, 1.807) is 6.07 Å². The molecule has 0 aliphatic heterocycles. The number of amides is 2. The Hall–Kier alpha value is -2.11. The Morgan fingerprint density at radius 2 is 2.25 bits per heavy atom. The van der Waals surface area contributed by atoms with E-state index in [2.05, 4.69) is 10.6 Å². The van der Waals surface area contributed by atoms with Gasteiger partial charge in [-0.15, -0.1) is 0 Å². The van der Waals surface area contributed by atoms with Crippen molar-refractivity contribution < 1.29 is 9.72 Å². The SMILES string of the molecule is CCCNC(=O)Nc1cccc([N+](=O)[O-])c1. The van der Waals surface area contributed by atoms with Crippen LogP contribution in [-0.2, 0) is 0 Å². The monoisotopic (exact) mass is 223 g/mol. The molecule has 0 atom stereocenters. The summed E-state index contributed by atoms with van der Waals surface area (Å²) in [6.45, 7) is 2.51. The molecule has 0 bridgehead atoms. The summed E-state index contributed by atoms with van der Waals surface area (Å²) >= 11 is 0. The zero-order valence-corrected chi connectivity index (χ0v) is 8.90. The molecule has 0 fully saturated rings. The standard InChI is InChI=1S/C10H13N3O3/c1-2-6-11-10(14)12-8-4-3-5-9(7-8)13(15)16/h3-5,7H,2,6H2,1H3,(H2,11,12,14). The number of benzene rings is 1. The molecule has 0 saturated heterocycles. The fourth-order valence-corrected chi connectivity index (χ4v) is 1.11. The Morgan fingerprint density at radius 1 is 1.50 bits per heavy atom. The lowest BCUT2D eigenvalue weighted by molar-refractivity contribution is -0.384. The maximum Gasteiger partial charge on any atom is 0.319 e. The lowest BCUT2D eigenvalue weighted by Gasteiger charge is -2.05. The highest BCUT2D eigenvalue weighted by Crippen LogP contribution is 2.16. The van der Waals surface area contributed by atoms with E-state index in [4.69, 9.17) is 0 Å². The predicted molar refractivity (Wildman–Crippen MR) is 60.4 cm³/mol. The smallest absolute Gasteiger partial charge is 0.319 e. The number of anilines is 1. The number of hydrogen-bond acceptors (Lipinski definition) is 3. The minimum absolute atomic E-state index is 0.0479. The highest BCUT2D eigenvalue weighted by molar-refractivity contribution is 5.89. The topological polar surface area (TPSA) is 84.3 Å². The number of nitrogens with one attached hydrogen (secondary N) is 2. The maximum atomic E-state index is 11.3. The van der Waals surface area contributed by atoms with Gasteiger partial charge >= 0.3 is 6.03 Å². The second-order valence-corrected chi connectivity index (χ2v) is 3.19. The summed E-state index contributed by atoms with van der Waals surface area (Å²) in [5.74, 6) is 0. The predicted octanol–water partition coefficient (Wildman–Crippen LogP) is 2.13. The van der Waals surface area contributed by atoms with Crippen LogP contribution in [0, 0.1) is 10.1 Å². The number of carbonyl (C=O) groups is 1. The van der Waals surface area contributed by atoms with E-state index in [1.807, 2.05) is 6.92 Å². The Kier molecular flexibility index (Phi) is 4.26. The number of nitrogens with zero attached hydrogens (tertiary/aromatic N) is 1. The van der Waals surface area contributed by atoms with Crippen LogP contribution in [0.3, 0.4) is 0 Å². The van der Waals surface area contributed by atoms with Crippen molar-refractivity contribution in [2.45, 2.75) is 13.3 Å². The molecular weight excluding hydrogens is 210 g/mol. The molecule has 0 heterocycles. The van der Waals surface area contributed by atoms with Gasteiger partial charge in [-0.25, -0.2) is 4.79 Å². The van der Waals surface area contributed by atoms with Crippen LogP contribution in [-0.4, -0.2) is 17.5 Å². The van der Waals surface area contributed by atoms with Gasteiger partial charge in [-0.3, -0.25) is 10.1 Å². The number of hydrogen-bond donors (Lipinski definition) is 2. The molecule has 0 aliphatic carbocycles. The first-order valence-electron chi connectivity index (χ1n) is 4.92. The first-order valence-corrected chi connectivity index (χ1v) is 4.92. The van der Waals surface area contributed by atoms with Gasteiger partial charge in [0.1, 0.15) is 0 Å². The molecule has 0 spiro atoms. The number of nitro groups is 1. The average molecular weight is 223 g/mol. The van der Waals surface area contributed by atoms with Crippen molar-refractivity contribution in [3.05, 3.63) is 34.4 Å². The lowest BCUT2D eigenvalue weighted by atomic mass is 10.3. The van der Waals surface area contributed by atoms with Crippen molar-refractivity contribution >= 4 is 17.4 Å². The third-order valence-electron chi connectivity index (χ3n) is 1.85. The van der Waals surface area contributed by atoms with E-state index < -0.39 is 4.92 Å². The molecular formula is C10H13N3O3. The van der Waals surface area contributed by atoms with Crippen LogP contribution in [0.5, 0.6) is 0 Å². The lowest BCUT2D eigenvalue weighted by Crippen LogP contribution is -2.29. The van der Waals surface area contributed by atoms with E-state index in [0.29, 0.717) is 12.2 Å². The van der Waals surface area contributed by atoms with Crippen LogP contribution in [0.15, 0.2) is 24.3 Å². The summed E-state index contributed by atoms with van der Waals surface area (Å²) in [4.78, 5) is 21.2. The summed E-state index contributed by atoms with van der Waals surface area (Å²) in [5.41, 5.74) is 0.357. The molecule has 0 radical (unpaired) electrons. The van der Waals surface area contributed by atoms with Crippen molar-refractivity contribution in [3.8, 4) is 0 Å². The Balaban J connectivity index is 2.63. The molecule has 0 aromatic heterocycles. The zero-order chi connectivity index (χ0) is 12.0. The van der Waals surface area contributed by atoms with Gasteiger partial charge < -0.3 is 10.6 Å². The van der Waals surface area contributed by atoms with E-state index in [0.717, 1.165) is 6.42 Å². The highest BCUT2D eigenvalue weighted by atomic mass is 16.6. The second kappa shape index (κ2) is 5.69. The molecule has 1 aromatic carbocycles. The highest BCUT2D eigenvalue weighted by Gasteiger charge is 2.07. The quantitative estimate of drug-likeness (QED) is 0.605. The van der Waals surface area contributed by atoms with Crippen molar-refractivity contribution in [1.82, 2.24) is 5.32 Å². The van der Waals surface area contributed by atoms with Gasteiger partial charge in [-0.05, 0) is 12.5 Å². The Bertz CT molecular complexity index is 393. The van der Waals surface area contributed by atoms with E-state index in [1.165, 1.54) is 18.2 Å². The van der Waals surface area contributed by atoms with E-state index in [9.17, 15) is 14.9 Å². The molecule has 86 valence electrons. The molecule has 1 rings (SSSR count). The molecule has 2 amide bonds. The molecule has 16 heavy (non-hydrogen) atoms. The third kappa shape index (κ3) is 3.56. The summed E-state index contributed by atoms with van der Waals surface area (Å²) in [6.07, 6.45) is 0.836. The van der Waals surface area contributed by atoms with Crippen molar-refractivity contribution in [3.63, 3.8) is 0 Å². The molecule has 0 saturated carbocycles. The van der Waals surface area contributed by atoms with Gasteiger partial charge in [0.15, 0.2) is 0 Å². The van der Waals surface area contributed by atoms with Gasteiger partial charge in [0.2, 0.25) is 0 Å². The van der Waals surface area contributed by atoms with Crippen molar-refractivity contribution in [1.29, 1.82) is 0 Å². The van der Waals surface area contributed by atoms with Crippen LogP contribution >= 0.6 is 0 Å². The largest absolute Gasteiger partial charge is 0.338 e. The van der Waals surface area contributed by atoms with E-state index in [-0.39, 0.29) is 11.7 Å². The molecule has 1 aromatic rings. The summed E-state index contributed by atoms with van der Waals surface area (Å²) in [7, 11) is 0. The van der Waals surface area contributed by atoms with Crippen LogP contribution in [0.4, 0.5) is 16.2 Å². The second-order valence-electron chi connectivity index (χ2n) is 3.19. The first-order chi connectivity index (χ1) is 7.63. The van der Waals surface area contributed by atoms with E-state index >= 15 is 0 Å². The normalized spacial score (nSPS) is 9.56. The van der Waals surface area contributed by atoms with Crippen LogP contribution < -0.4 is 10.6 Å². The summed E-state index contributed by atoms with van der Waals surface area (Å²) < 4.78 is 0. The fourth-order valence-electron chi connectivity index (χ4n) is 1.11. The number of nitro benzene ring substituents is 1. The first kappa shape index (κ1) is 12.0. The third-order valence-corrected chi connectivity index (χ3v) is 1.85. The zero-order valence-electron chi connectivity index (χ0n) is 8.90. The fraction of sp³-hybridized carbons (Fsp3) is 0.300. The molecule has 6 heteroatoms. The van der Waals surface area contributed by atoms with Crippen LogP contribution in [0.2, 0.25) is 0 Å². The Morgan fingerprint density at radius 3 is 2.88 bits per heavy atom. The number of rotatable bonds is 4. The maximum absolute atomic E-state index is 11.3. The van der Waals surface area contributed by atoms with Crippen molar-refractivity contribution in [2.24, 2.45) is 0 Å². The molecule has 2 N–H and O–H groups in total. The number of urea groups is 1. The summed E-state index contributed by atoms with van der Waals surface area (Å²) in [5, 5.41) is 15.6. The van der Waals surface area contributed by atoms with Gasteiger partial charge in [0.05, 0.1) is 4.92 Å². The number of non-ortho nitro benzene ring substituents is 1. The van der Waals surface area contributed by atoms with Crippen LogP contribution in [0.25, 0.3) is 0 Å². The molecule has 0 aliphatic rings. The van der Waals surface area contributed by atoms with Gasteiger partial charge in [0, 0.05) is 24.4 Å². The molecule has 0 unspecified atom stereocenters. The average Bonchev–Trinajstić information content (AvgIpc) is 2.26. The van der Waals surface area contributed by atoms with Crippen molar-refractivity contribution in [2.75, 3.05) is 11.9 Å². The van der Waals surface area contributed by atoms with Gasteiger partial charge in [0.25, 0.3) is 5.69 Å². The van der Waals surface area contributed by atoms with Crippen LogP contribution in [0.1, 0.15) is 13.3 Å². The van der Waals surface area contributed by atoms with Gasteiger partial charge in [-0.1, -0.05) is 13.0 Å². The minimum atomic E-state index is -0.505. The minimum Gasteiger partial charge on any atom is -0.338 e. The van der Waals surface area contributed by atoms with Gasteiger partial charge in [-0.2, -0.15) is 0 Å².